The Balaban J connectivity index is 1.43. The Kier molecular flexibility index (Phi) is 5.29. The van der Waals surface area contributed by atoms with Crippen LogP contribution in [0.5, 0.6) is 5.75 Å². The van der Waals surface area contributed by atoms with Gasteiger partial charge in [0, 0.05) is 17.8 Å². The van der Waals surface area contributed by atoms with Crippen LogP contribution in [0.2, 0.25) is 0 Å². The summed E-state index contributed by atoms with van der Waals surface area (Å²) in [5.41, 5.74) is 4.59. The zero-order chi connectivity index (χ0) is 22.2. The Bertz CT molecular complexity index is 1180. The lowest BCUT2D eigenvalue weighted by Gasteiger charge is -2.37. The second-order valence-corrected chi connectivity index (χ2v) is 8.59. The largest absolute Gasteiger partial charge is 0.495 e. The maximum absolute atomic E-state index is 13.4. The number of amides is 1. The SMILES string of the molecule is COc1cc(/C=C2\CC3CCC[C@H](c4ccc(F)cc4)N3C2=O)ccc1-n1cnc(C)c1. The normalized spacial score (nSPS) is 21.8. The van der Waals surface area contributed by atoms with Gasteiger partial charge in [-0.1, -0.05) is 18.2 Å². The van der Waals surface area contributed by atoms with Crippen molar-refractivity contribution in [2.24, 2.45) is 0 Å². The number of carbonyl (C=O) groups excluding carboxylic acids is 1. The maximum atomic E-state index is 13.4. The van der Waals surface area contributed by atoms with Crippen molar-refractivity contribution in [1.82, 2.24) is 14.5 Å². The number of carbonyl (C=O) groups is 1. The van der Waals surface area contributed by atoms with E-state index in [9.17, 15) is 9.18 Å². The first kappa shape index (κ1) is 20.5. The van der Waals surface area contributed by atoms with Gasteiger partial charge in [0.05, 0.1) is 30.9 Å². The molecular weight excluding hydrogens is 405 g/mol. The summed E-state index contributed by atoms with van der Waals surface area (Å²) >= 11 is 0. The monoisotopic (exact) mass is 431 g/mol. The van der Waals surface area contributed by atoms with Crippen molar-refractivity contribution in [2.75, 3.05) is 7.11 Å². The topological polar surface area (TPSA) is 47.4 Å². The van der Waals surface area contributed by atoms with Gasteiger partial charge in [0.15, 0.2) is 0 Å². The molecular formula is C26H26FN3O2. The minimum absolute atomic E-state index is 0.00847. The van der Waals surface area contributed by atoms with E-state index in [0.29, 0.717) is 0 Å². The summed E-state index contributed by atoms with van der Waals surface area (Å²) in [5, 5.41) is 0. The van der Waals surface area contributed by atoms with Crippen molar-refractivity contribution in [1.29, 1.82) is 0 Å². The Morgan fingerprint density at radius 3 is 2.69 bits per heavy atom. The summed E-state index contributed by atoms with van der Waals surface area (Å²) in [6.45, 7) is 1.95. The molecule has 1 aromatic heterocycles. The number of nitrogens with zero attached hydrogens (tertiary/aromatic N) is 3. The number of benzene rings is 2. The fourth-order valence-electron chi connectivity index (χ4n) is 4.98. The van der Waals surface area contributed by atoms with E-state index in [-0.39, 0.29) is 23.8 Å². The van der Waals surface area contributed by atoms with Crippen LogP contribution in [0.4, 0.5) is 4.39 Å². The second kappa shape index (κ2) is 8.26. The maximum Gasteiger partial charge on any atom is 0.250 e. The molecule has 2 atom stereocenters. The van der Waals surface area contributed by atoms with Gasteiger partial charge in [-0.3, -0.25) is 4.79 Å². The summed E-state index contributed by atoms with van der Waals surface area (Å²) < 4.78 is 20.9. The van der Waals surface area contributed by atoms with Gasteiger partial charge >= 0.3 is 0 Å². The lowest BCUT2D eigenvalue weighted by Crippen LogP contribution is -2.39. The van der Waals surface area contributed by atoms with E-state index in [1.54, 1.807) is 25.6 Å². The number of aromatic nitrogens is 2. The Labute approximate surface area is 187 Å². The first-order chi connectivity index (χ1) is 15.5. The van der Waals surface area contributed by atoms with E-state index in [0.717, 1.165) is 59.5 Å². The average molecular weight is 432 g/mol. The first-order valence-electron chi connectivity index (χ1n) is 11.0. The third-order valence-electron chi connectivity index (χ3n) is 6.50. The highest BCUT2D eigenvalue weighted by molar-refractivity contribution is 6.00. The number of halogens is 1. The fraction of sp³-hybridized carbons (Fsp3) is 0.308. The fourth-order valence-corrected chi connectivity index (χ4v) is 4.98. The minimum atomic E-state index is -0.252. The molecule has 0 spiro atoms. The summed E-state index contributed by atoms with van der Waals surface area (Å²) in [6, 6.07) is 12.7. The molecule has 164 valence electrons. The molecule has 6 heteroatoms. The highest BCUT2D eigenvalue weighted by Crippen LogP contribution is 2.42. The number of imidazole rings is 1. The van der Waals surface area contributed by atoms with Gasteiger partial charge in [-0.25, -0.2) is 9.37 Å². The third-order valence-corrected chi connectivity index (χ3v) is 6.50. The molecule has 2 fully saturated rings. The van der Waals surface area contributed by atoms with E-state index >= 15 is 0 Å². The van der Waals surface area contributed by atoms with Crippen molar-refractivity contribution < 1.29 is 13.9 Å². The quantitative estimate of drug-likeness (QED) is 0.531. The first-order valence-corrected chi connectivity index (χ1v) is 11.0. The highest BCUT2D eigenvalue weighted by atomic mass is 19.1. The molecule has 0 aliphatic carbocycles. The molecule has 2 aliphatic rings. The number of ether oxygens (including phenoxy) is 1. The number of piperidine rings is 1. The van der Waals surface area contributed by atoms with Gasteiger partial charge in [0.1, 0.15) is 11.6 Å². The number of rotatable bonds is 4. The number of hydrogen-bond donors (Lipinski definition) is 0. The van der Waals surface area contributed by atoms with Crippen LogP contribution in [0.1, 0.15) is 48.5 Å². The third kappa shape index (κ3) is 3.70. The second-order valence-electron chi connectivity index (χ2n) is 8.59. The summed E-state index contributed by atoms with van der Waals surface area (Å²) in [5.74, 6) is 0.555. The Morgan fingerprint density at radius 2 is 1.97 bits per heavy atom. The Morgan fingerprint density at radius 1 is 1.16 bits per heavy atom. The van der Waals surface area contributed by atoms with Crippen LogP contribution in [0, 0.1) is 12.7 Å². The van der Waals surface area contributed by atoms with Crippen molar-refractivity contribution in [2.45, 2.75) is 44.7 Å². The van der Waals surface area contributed by atoms with E-state index in [2.05, 4.69) is 4.98 Å². The van der Waals surface area contributed by atoms with E-state index in [1.807, 2.05) is 46.9 Å². The van der Waals surface area contributed by atoms with Gasteiger partial charge in [0.25, 0.3) is 5.91 Å². The predicted molar refractivity (Wildman–Crippen MR) is 121 cm³/mol. The van der Waals surface area contributed by atoms with Crippen molar-refractivity contribution in [3.8, 4) is 11.4 Å². The summed E-state index contributed by atoms with van der Waals surface area (Å²) in [6.07, 6.45) is 9.41. The molecule has 2 aliphatic heterocycles. The molecule has 3 heterocycles. The van der Waals surface area contributed by atoms with E-state index < -0.39 is 0 Å². The highest BCUT2D eigenvalue weighted by Gasteiger charge is 2.42. The molecule has 1 unspecified atom stereocenters. The van der Waals surface area contributed by atoms with Gasteiger partial charge in [-0.05, 0) is 74.1 Å². The molecule has 5 rings (SSSR count). The predicted octanol–water partition coefficient (Wildman–Crippen LogP) is 5.24. The van der Waals surface area contributed by atoms with Crippen LogP contribution < -0.4 is 4.74 Å². The minimum Gasteiger partial charge on any atom is -0.495 e. The van der Waals surface area contributed by atoms with Crippen molar-refractivity contribution in [3.05, 3.63) is 83.2 Å². The van der Waals surface area contributed by atoms with Gasteiger partial charge in [0.2, 0.25) is 0 Å². The van der Waals surface area contributed by atoms with Crippen LogP contribution >= 0.6 is 0 Å². The van der Waals surface area contributed by atoms with Gasteiger partial charge < -0.3 is 14.2 Å². The van der Waals surface area contributed by atoms with Crippen LogP contribution in [0.3, 0.4) is 0 Å². The molecule has 0 N–H and O–H groups in total. The van der Waals surface area contributed by atoms with Gasteiger partial charge in [-0.2, -0.15) is 0 Å². The molecule has 2 aromatic carbocycles. The lowest BCUT2D eigenvalue weighted by molar-refractivity contribution is -0.130. The molecule has 0 radical (unpaired) electrons. The number of fused-ring (bicyclic) bond motifs is 1. The van der Waals surface area contributed by atoms with Crippen molar-refractivity contribution in [3.63, 3.8) is 0 Å². The molecule has 0 saturated carbocycles. The Hall–Kier alpha value is -3.41. The average Bonchev–Trinajstić information content (AvgIpc) is 3.37. The molecule has 3 aromatic rings. The summed E-state index contributed by atoms with van der Waals surface area (Å²) in [7, 11) is 1.65. The number of methoxy groups -OCH3 is 1. The standard InChI is InChI=1S/C26H26FN3O2/c1-17-15-29(16-28-17)24-11-6-18(13-25(24)32-2)12-20-14-22-4-3-5-23(30(22)26(20)31)19-7-9-21(27)10-8-19/h6-13,15-16,22-23H,3-5,14H2,1-2H3/b20-12+/t22?,23-/m1/s1. The lowest BCUT2D eigenvalue weighted by atomic mass is 9.91. The zero-order valence-electron chi connectivity index (χ0n) is 18.3. The molecule has 1 amide bonds. The smallest absolute Gasteiger partial charge is 0.250 e. The molecule has 2 saturated heterocycles. The van der Waals surface area contributed by atoms with Crippen LogP contribution in [-0.4, -0.2) is 33.5 Å². The van der Waals surface area contributed by atoms with E-state index in [1.165, 1.54) is 12.1 Å². The number of hydrogen-bond acceptors (Lipinski definition) is 3. The molecule has 0 bridgehead atoms. The van der Waals surface area contributed by atoms with Crippen LogP contribution in [0.15, 0.2) is 60.6 Å². The van der Waals surface area contributed by atoms with Crippen LogP contribution in [-0.2, 0) is 4.79 Å². The number of aryl methyl sites for hydroxylation is 1. The van der Waals surface area contributed by atoms with Crippen LogP contribution in [0.25, 0.3) is 11.8 Å². The van der Waals surface area contributed by atoms with Crippen molar-refractivity contribution >= 4 is 12.0 Å². The zero-order valence-corrected chi connectivity index (χ0v) is 18.3. The van der Waals surface area contributed by atoms with Gasteiger partial charge in [-0.15, -0.1) is 0 Å². The molecule has 5 nitrogen and oxygen atoms in total. The molecule has 32 heavy (non-hydrogen) atoms. The summed E-state index contributed by atoms with van der Waals surface area (Å²) in [4.78, 5) is 19.7. The van der Waals surface area contributed by atoms with E-state index in [4.69, 9.17) is 4.74 Å².